The SMILES string of the molecule is c1cc2c(c(-c3ccsc3)c1)CCNC2. The molecule has 0 unspecified atom stereocenters. The fourth-order valence-corrected chi connectivity index (χ4v) is 2.88. The van der Waals surface area contributed by atoms with Gasteiger partial charge in [-0.15, -0.1) is 0 Å². The van der Waals surface area contributed by atoms with Crippen molar-refractivity contribution in [1.29, 1.82) is 0 Å². The lowest BCUT2D eigenvalue weighted by atomic mass is 9.93. The highest BCUT2D eigenvalue weighted by molar-refractivity contribution is 7.08. The van der Waals surface area contributed by atoms with E-state index in [9.17, 15) is 0 Å². The van der Waals surface area contributed by atoms with E-state index in [2.05, 4.69) is 40.3 Å². The third-order valence-electron chi connectivity index (χ3n) is 2.97. The Kier molecular flexibility index (Phi) is 2.31. The van der Waals surface area contributed by atoms with Gasteiger partial charge in [-0.3, -0.25) is 0 Å². The lowest BCUT2D eigenvalue weighted by Gasteiger charge is -2.19. The summed E-state index contributed by atoms with van der Waals surface area (Å²) in [4.78, 5) is 0. The summed E-state index contributed by atoms with van der Waals surface area (Å²) in [5.41, 5.74) is 5.80. The third kappa shape index (κ3) is 1.60. The van der Waals surface area contributed by atoms with Gasteiger partial charge in [0.2, 0.25) is 0 Å². The summed E-state index contributed by atoms with van der Waals surface area (Å²) in [7, 11) is 0. The first-order chi connectivity index (χ1) is 7.45. The molecule has 2 aromatic rings. The first kappa shape index (κ1) is 9.13. The Labute approximate surface area is 93.8 Å². The van der Waals surface area contributed by atoms with Crippen molar-refractivity contribution in [1.82, 2.24) is 5.32 Å². The Bertz CT molecular complexity index is 459. The van der Waals surface area contributed by atoms with Crippen LogP contribution in [0.4, 0.5) is 0 Å². The van der Waals surface area contributed by atoms with E-state index in [0.29, 0.717) is 0 Å². The molecule has 0 fully saturated rings. The molecule has 0 amide bonds. The van der Waals surface area contributed by atoms with Crippen LogP contribution in [0.15, 0.2) is 35.0 Å². The monoisotopic (exact) mass is 215 g/mol. The molecule has 0 aliphatic carbocycles. The van der Waals surface area contributed by atoms with Crippen LogP contribution in [-0.2, 0) is 13.0 Å². The zero-order chi connectivity index (χ0) is 10.1. The van der Waals surface area contributed by atoms with Crippen molar-refractivity contribution in [3.63, 3.8) is 0 Å². The van der Waals surface area contributed by atoms with Gasteiger partial charge in [0.1, 0.15) is 0 Å². The molecular weight excluding hydrogens is 202 g/mol. The van der Waals surface area contributed by atoms with Crippen molar-refractivity contribution in [2.45, 2.75) is 13.0 Å². The summed E-state index contributed by atoms with van der Waals surface area (Å²) in [5, 5.41) is 7.80. The van der Waals surface area contributed by atoms with Crippen molar-refractivity contribution in [3.8, 4) is 11.1 Å². The van der Waals surface area contributed by atoms with Crippen LogP contribution >= 0.6 is 11.3 Å². The van der Waals surface area contributed by atoms with Crippen LogP contribution in [0.5, 0.6) is 0 Å². The normalized spacial score (nSPS) is 14.9. The number of hydrogen-bond acceptors (Lipinski definition) is 2. The lowest BCUT2D eigenvalue weighted by molar-refractivity contribution is 0.645. The number of benzene rings is 1. The molecule has 3 rings (SSSR count). The molecule has 1 aliphatic rings. The van der Waals surface area contributed by atoms with Crippen LogP contribution in [-0.4, -0.2) is 6.54 Å². The van der Waals surface area contributed by atoms with Crippen LogP contribution in [0.2, 0.25) is 0 Å². The van der Waals surface area contributed by atoms with E-state index in [4.69, 9.17) is 0 Å². The fraction of sp³-hybridized carbons (Fsp3) is 0.231. The van der Waals surface area contributed by atoms with Gasteiger partial charge >= 0.3 is 0 Å². The van der Waals surface area contributed by atoms with E-state index in [0.717, 1.165) is 19.5 Å². The van der Waals surface area contributed by atoms with Crippen molar-refractivity contribution in [2.24, 2.45) is 0 Å². The Hall–Kier alpha value is -1.12. The van der Waals surface area contributed by atoms with Crippen molar-refractivity contribution in [2.75, 3.05) is 6.54 Å². The van der Waals surface area contributed by atoms with Crippen molar-refractivity contribution < 1.29 is 0 Å². The smallest absolute Gasteiger partial charge is 0.0208 e. The summed E-state index contributed by atoms with van der Waals surface area (Å²) in [6, 6.07) is 8.85. The first-order valence-corrected chi connectivity index (χ1v) is 6.23. The van der Waals surface area contributed by atoms with E-state index in [1.807, 2.05) is 0 Å². The molecule has 2 heterocycles. The molecule has 15 heavy (non-hydrogen) atoms. The molecule has 0 saturated carbocycles. The zero-order valence-corrected chi connectivity index (χ0v) is 9.31. The number of thiophene rings is 1. The van der Waals surface area contributed by atoms with Gasteiger partial charge in [-0.1, -0.05) is 18.2 Å². The third-order valence-corrected chi connectivity index (χ3v) is 3.66. The minimum atomic E-state index is 1.02. The van der Waals surface area contributed by atoms with Crippen LogP contribution in [0, 0.1) is 0 Å². The van der Waals surface area contributed by atoms with Crippen LogP contribution in [0.3, 0.4) is 0 Å². The highest BCUT2D eigenvalue weighted by Gasteiger charge is 2.13. The topological polar surface area (TPSA) is 12.0 Å². The largest absolute Gasteiger partial charge is 0.312 e. The molecule has 0 bridgehead atoms. The van der Waals surface area contributed by atoms with Crippen LogP contribution < -0.4 is 5.32 Å². The van der Waals surface area contributed by atoms with Gasteiger partial charge < -0.3 is 5.32 Å². The van der Waals surface area contributed by atoms with Gasteiger partial charge in [-0.05, 0) is 52.0 Å². The summed E-state index contributed by atoms with van der Waals surface area (Å²) in [6.07, 6.45) is 1.15. The standard InChI is InChI=1S/C13H13NS/c1-2-10-8-14-6-4-13(10)12(3-1)11-5-7-15-9-11/h1-3,5,7,9,14H,4,6,8H2. The van der Waals surface area contributed by atoms with Gasteiger partial charge in [0.15, 0.2) is 0 Å². The molecule has 1 N–H and O–H groups in total. The molecule has 1 aromatic carbocycles. The van der Waals surface area contributed by atoms with Gasteiger partial charge in [0.05, 0.1) is 0 Å². The van der Waals surface area contributed by atoms with E-state index < -0.39 is 0 Å². The first-order valence-electron chi connectivity index (χ1n) is 5.29. The van der Waals surface area contributed by atoms with Gasteiger partial charge in [0, 0.05) is 6.54 Å². The van der Waals surface area contributed by atoms with E-state index >= 15 is 0 Å². The highest BCUT2D eigenvalue weighted by atomic mass is 32.1. The molecule has 0 atom stereocenters. The summed E-state index contributed by atoms with van der Waals surface area (Å²) in [5.74, 6) is 0. The summed E-state index contributed by atoms with van der Waals surface area (Å²) >= 11 is 1.77. The fourth-order valence-electron chi connectivity index (χ4n) is 2.22. The number of rotatable bonds is 1. The maximum absolute atomic E-state index is 3.42. The number of fused-ring (bicyclic) bond motifs is 1. The molecule has 0 saturated heterocycles. The number of hydrogen-bond donors (Lipinski definition) is 1. The average Bonchev–Trinajstić information content (AvgIpc) is 2.82. The molecule has 1 aromatic heterocycles. The summed E-state index contributed by atoms with van der Waals surface area (Å²) < 4.78 is 0. The second-order valence-electron chi connectivity index (χ2n) is 3.88. The maximum Gasteiger partial charge on any atom is 0.0208 e. The average molecular weight is 215 g/mol. The zero-order valence-electron chi connectivity index (χ0n) is 8.49. The maximum atomic E-state index is 3.42. The quantitative estimate of drug-likeness (QED) is 0.771. The van der Waals surface area contributed by atoms with E-state index in [-0.39, 0.29) is 0 Å². The Morgan fingerprint density at radius 1 is 1.20 bits per heavy atom. The van der Waals surface area contributed by atoms with Crippen LogP contribution in [0.1, 0.15) is 11.1 Å². The lowest BCUT2D eigenvalue weighted by Crippen LogP contribution is -2.23. The predicted molar refractivity (Wildman–Crippen MR) is 65.2 cm³/mol. The van der Waals surface area contributed by atoms with Gasteiger partial charge in [-0.25, -0.2) is 0 Å². The number of nitrogens with one attached hydrogen (secondary N) is 1. The molecule has 1 nitrogen and oxygen atoms in total. The van der Waals surface area contributed by atoms with Crippen molar-refractivity contribution >= 4 is 11.3 Å². The van der Waals surface area contributed by atoms with E-state index in [1.54, 1.807) is 11.3 Å². The van der Waals surface area contributed by atoms with Gasteiger partial charge in [0.25, 0.3) is 0 Å². The molecule has 0 spiro atoms. The van der Waals surface area contributed by atoms with Gasteiger partial charge in [-0.2, -0.15) is 11.3 Å². The summed E-state index contributed by atoms with van der Waals surface area (Å²) in [6.45, 7) is 2.13. The van der Waals surface area contributed by atoms with Crippen molar-refractivity contribution in [3.05, 3.63) is 46.2 Å². The Morgan fingerprint density at radius 2 is 2.20 bits per heavy atom. The highest BCUT2D eigenvalue weighted by Crippen LogP contribution is 2.29. The molecule has 2 heteroatoms. The van der Waals surface area contributed by atoms with E-state index in [1.165, 1.54) is 22.3 Å². The molecule has 1 aliphatic heterocycles. The van der Waals surface area contributed by atoms with Crippen LogP contribution in [0.25, 0.3) is 11.1 Å². The predicted octanol–water partition coefficient (Wildman–Crippen LogP) is 3.06. The minimum absolute atomic E-state index is 1.02. The second-order valence-corrected chi connectivity index (χ2v) is 4.66. The molecule has 76 valence electrons. The Morgan fingerprint density at radius 3 is 3.07 bits per heavy atom. The second kappa shape index (κ2) is 3.80. The molecule has 0 radical (unpaired) electrons. The molecular formula is C13H13NS. The minimum Gasteiger partial charge on any atom is -0.312 e. The Balaban J connectivity index is 2.15.